The molecule has 1 fully saturated rings. The highest BCUT2D eigenvalue weighted by Crippen LogP contribution is 2.12. The maximum Gasteiger partial charge on any atom is 0.222 e. The summed E-state index contributed by atoms with van der Waals surface area (Å²) in [6, 6.07) is 0.753. The number of nitrogens with zero attached hydrogens (tertiary/aromatic N) is 1. The predicted octanol–water partition coefficient (Wildman–Crippen LogP) is 1.76. The highest BCUT2D eigenvalue weighted by Gasteiger charge is 2.27. The topological polar surface area (TPSA) is 32.3 Å². The van der Waals surface area contributed by atoms with Crippen LogP contribution in [0.4, 0.5) is 0 Å². The van der Waals surface area contributed by atoms with E-state index in [-0.39, 0.29) is 12.4 Å². The maximum absolute atomic E-state index is 11.9. The third kappa shape index (κ3) is 4.52. The van der Waals surface area contributed by atoms with Gasteiger partial charge in [0.25, 0.3) is 0 Å². The van der Waals surface area contributed by atoms with Gasteiger partial charge in [0.15, 0.2) is 0 Å². The van der Waals surface area contributed by atoms with Gasteiger partial charge in [-0.2, -0.15) is 11.8 Å². The molecule has 2 unspecified atom stereocenters. The summed E-state index contributed by atoms with van der Waals surface area (Å²) >= 11 is 1.81. The van der Waals surface area contributed by atoms with Gasteiger partial charge < -0.3 is 10.2 Å². The van der Waals surface area contributed by atoms with Gasteiger partial charge in [-0.25, -0.2) is 0 Å². The van der Waals surface area contributed by atoms with Gasteiger partial charge in [0, 0.05) is 31.6 Å². The molecule has 0 aromatic rings. The quantitative estimate of drug-likeness (QED) is 0.787. The molecule has 0 aromatic carbocycles. The van der Waals surface area contributed by atoms with Gasteiger partial charge >= 0.3 is 0 Å². The van der Waals surface area contributed by atoms with Crippen LogP contribution in [0, 0.1) is 0 Å². The average molecular weight is 267 g/mol. The molecule has 0 bridgehead atoms. The molecule has 1 aliphatic rings. The minimum absolute atomic E-state index is 0. The number of amides is 1. The van der Waals surface area contributed by atoms with E-state index in [0.29, 0.717) is 24.4 Å². The normalized spacial score (nSPS) is 25.1. The van der Waals surface area contributed by atoms with Crippen LogP contribution in [0.1, 0.15) is 26.7 Å². The van der Waals surface area contributed by atoms with Crippen LogP contribution < -0.4 is 5.32 Å². The van der Waals surface area contributed by atoms with E-state index in [2.05, 4.69) is 25.4 Å². The van der Waals surface area contributed by atoms with E-state index < -0.39 is 0 Å². The SMILES string of the molecule is CSCCCC(=O)N1CCNC(C)C1C.Cl. The summed E-state index contributed by atoms with van der Waals surface area (Å²) in [6.07, 6.45) is 3.79. The fraction of sp³-hybridized carbons (Fsp3) is 0.909. The van der Waals surface area contributed by atoms with Gasteiger partial charge in [0.2, 0.25) is 5.91 Å². The van der Waals surface area contributed by atoms with Crippen molar-refractivity contribution in [3.63, 3.8) is 0 Å². The lowest BCUT2D eigenvalue weighted by Crippen LogP contribution is -2.57. The number of halogens is 1. The van der Waals surface area contributed by atoms with Crippen molar-refractivity contribution in [1.82, 2.24) is 10.2 Å². The maximum atomic E-state index is 11.9. The smallest absolute Gasteiger partial charge is 0.222 e. The summed E-state index contributed by atoms with van der Waals surface area (Å²) < 4.78 is 0. The highest BCUT2D eigenvalue weighted by molar-refractivity contribution is 7.98. The Morgan fingerprint density at radius 3 is 2.81 bits per heavy atom. The van der Waals surface area contributed by atoms with Gasteiger partial charge in [0.05, 0.1) is 0 Å². The zero-order chi connectivity index (χ0) is 11.3. The molecule has 0 radical (unpaired) electrons. The number of carbonyl (C=O) groups is 1. The molecular formula is C11H23ClN2OS. The molecular weight excluding hydrogens is 244 g/mol. The van der Waals surface area contributed by atoms with Crippen molar-refractivity contribution in [3.8, 4) is 0 Å². The van der Waals surface area contributed by atoms with Crippen LogP contribution in [0.25, 0.3) is 0 Å². The van der Waals surface area contributed by atoms with Crippen LogP contribution in [0.15, 0.2) is 0 Å². The molecule has 2 atom stereocenters. The molecule has 16 heavy (non-hydrogen) atoms. The number of hydrogen-bond acceptors (Lipinski definition) is 3. The Balaban J connectivity index is 0.00000225. The van der Waals surface area contributed by atoms with Crippen molar-refractivity contribution in [1.29, 1.82) is 0 Å². The van der Waals surface area contributed by atoms with Crippen molar-refractivity contribution in [3.05, 3.63) is 0 Å². The van der Waals surface area contributed by atoms with Crippen molar-refractivity contribution >= 4 is 30.1 Å². The first-order valence-electron chi connectivity index (χ1n) is 5.68. The first-order valence-corrected chi connectivity index (χ1v) is 7.08. The zero-order valence-electron chi connectivity index (χ0n) is 10.4. The van der Waals surface area contributed by atoms with Crippen LogP contribution in [0.5, 0.6) is 0 Å². The number of nitrogens with one attached hydrogen (secondary N) is 1. The summed E-state index contributed by atoms with van der Waals surface area (Å²) in [5, 5.41) is 3.39. The second-order valence-corrected chi connectivity index (χ2v) is 5.15. The minimum atomic E-state index is 0. The number of rotatable bonds is 4. The summed E-state index contributed by atoms with van der Waals surface area (Å²) in [4.78, 5) is 13.9. The molecule has 1 rings (SSSR count). The molecule has 1 saturated heterocycles. The fourth-order valence-corrected chi connectivity index (χ4v) is 2.35. The monoisotopic (exact) mass is 266 g/mol. The summed E-state index contributed by atoms with van der Waals surface area (Å²) in [7, 11) is 0. The summed E-state index contributed by atoms with van der Waals surface area (Å²) in [5.74, 6) is 1.41. The Morgan fingerprint density at radius 1 is 1.50 bits per heavy atom. The third-order valence-electron chi connectivity index (χ3n) is 3.09. The number of piperazine rings is 1. The van der Waals surface area contributed by atoms with E-state index in [4.69, 9.17) is 0 Å². The minimum Gasteiger partial charge on any atom is -0.337 e. The van der Waals surface area contributed by atoms with Crippen molar-refractivity contribution < 1.29 is 4.79 Å². The van der Waals surface area contributed by atoms with E-state index >= 15 is 0 Å². The van der Waals surface area contributed by atoms with E-state index in [0.717, 1.165) is 25.3 Å². The lowest BCUT2D eigenvalue weighted by Gasteiger charge is -2.38. The molecule has 0 aliphatic carbocycles. The van der Waals surface area contributed by atoms with Crippen molar-refractivity contribution in [2.45, 2.75) is 38.8 Å². The Hall–Kier alpha value is 0.0700. The van der Waals surface area contributed by atoms with Gasteiger partial charge in [0.1, 0.15) is 0 Å². The van der Waals surface area contributed by atoms with Crippen LogP contribution in [0.3, 0.4) is 0 Å². The van der Waals surface area contributed by atoms with Crippen LogP contribution >= 0.6 is 24.2 Å². The largest absolute Gasteiger partial charge is 0.337 e. The van der Waals surface area contributed by atoms with Crippen LogP contribution in [-0.2, 0) is 4.79 Å². The Bertz CT molecular complexity index is 216. The molecule has 96 valence electrons. The van der Waals surface area contributed by atoms with E-state index in [1.165, 1.54) is 0 Å². The molecule has 1 aliphatic heterocycles. The van der Waals surface area contributed by atoms with Crippen molar-refractivity contribution in [2.75, 3.05) is 25.1 Å². The molecule has 0 spiro atoms. The standard InChI is InChI=1S/C11H22N2OS.ClH/c1-9-10(2)13(7-6-12-9)11(14)5-4-8-15-3;/h9-10,12H,4-8H2,1-3H3;1H. The van der Waals surface area contributed by atoms with E-state index in [1.54, 1.807) is 0 Å². The van der Waals surface area contributed by atoms with Crippen LogP contribution in [-0.4, -0.2) is 48.0 Å². The molecule has 5 heteroatoms. The van der Waals surface area contributed by atoms with Gasteiger partial charge in [-0.3, -0.25) is 4.79 Å². The predicted molar refractivity (Wildman–Crippen MR) is 73.5 cm³/mol. The summed E-state index contributed by atoms with van der Waals surface area (Å²) in [5.41, 5.74) is 0. The highest BCUT2D eigenvalue weighted by atomic mass is 35.5. The summed E-state index contributed by atoms with van der Waals surface area (Å²) in [6.45, 7) is 6.07. The number of thioether (sulfide) groups is 1. The Morgan fingerprint density at radius 2 is 2.19 bits per heavy atom. The van der Waals surface area contributed by atoms with Gasteiger partial charge in [-0.15, -0.1) is 12.4 Å². The van der Waals surface area contributed by atoms with E-state index in [9.17, 15) is 4.79 Å². The van der Waals surface area contributed by atoms with Gasteiger partial charge in [-0.1, -0.05) is 0 Å². The second kappa shape index (κ2) is 8.20. The molecule has 1 heterocycles. The van der Waals surface area contributed by atoms with E-state index in [1.807, 2.05) is 16.7 Å². The lowest BCUT2D eigenvalue weighted by atomic mass is 10.1. The lowest BCUT2D eigenvalue weighted by molar-refractivity contribution is -0.134. The van der Waals surface area contributed by atoms with Crippen LogP contribution in [0.2, 0.25) is 0 Å². The van der Waals surface area contributed by atoms with Crippen molar-refractivity contribution in [2.24, 2.45) is 0 Å². The molecule has 0 aromatic heterocycles. The Kier molecular flexibility index (Phi) is 8.24. The first-order chi connectivity index (χ1) is 7.16. The number of carbonyl (C=O) groups excluding carboxylic acids is 1. The molecule has 1 amide bonds. The van der Waals surface area contributed by atoms with Gasteiger partial charge in [-0.05, 0) is 32.3 Å². The Labute approximate surface area is 109 Å². The zero-order valence-corrected chi connectivity index (χ0v) is 12.0. The first kappa shape index (κ1) is 16.1. The average Bonchev–Trinajstić information content (AvgIpc) is 2.22. The molecule has 1 N–H and O–H groups in total. The molecule has 3 nitrogen and oxygen atoms in total. The number of hydrogen-bond donors (Lipinski definition) is 1. The third-order valence-corrected chi connectivity index (χ3v) is 3.79. The second-order valence-electron chi connectivity index (χ2n) is 4.17. The fourth-order valence-electron chi connectivity index (χ4n) is 1.92. The molecule has 0 saturated carbocycles.